The highest BCUT2D eigenvalue weighted by Gasteiger charge is 2.13. The molecule has 5 nitrogen and oxygen atoms in total. The zero-order valence-corrected chi connectivity index (χ0v) is 15.9. The molecule has 6 heteroatoms. The summed E-state index contributed by atoms with van der Waals surface area (Å²) >= 11 is 1.40. The molecule has 3 rings (SSSR count). The van der Waals surface area contributed by atoms with Crippen molar-refractivity contribution in [1.82, 2.24) is 9.97 Å². The monoisotopic (exact) mass is 367 g/mol. The topological polar surface area (TPSA) is 64.1 Å². The molecule has 0 radical (unpaired) electrons. The molecule has 26 heavy (non-hydrogen) atoms. The second kappa shape index (κ2) is 8.10. The summed E-state index contributed by atoms with van der Waals surface area (Å²) in [6.07, 6.45) is 0.979. The summed E-state index contributed by atoms with van der Waals surface area (Å²) in [6, 6.07) is 11.4. The molecule has 3 aromatic rings. The first-order chi connectivity index (χ1) is 12.6. The Kier molecular flexibility index (Phi) is 5.63. The number of thiazole rings is 1. The summed E-state index contributed by atoms with van der Waals surface area (Å²) in [4.78, 5) is 21.3. The molecule has 2 heterocycles. The molecule has 0 unspecified atom stereocenters. The van der Waals surface area contributed by atoms with E-state index < -0.39 is 0 Å². The van der Waals surface area contributed by atoms with Crippen molar-refractivity contribution in [2.75, 3.05) is 11.9 Å². The van der Waals surface area contributed by atoms with E-state index in [2.05, 4.69) is 22.2 Å². The number of anilines is 1. The molecule has 0 aliphatic rings. The number of carbonyl (C=O) groups excluding carboxylic acids is 1. The second-order valence-electron chi connectivity index (χ2n) is 5.95. The van der Waals surface area contributed by atoms with Crippen LogP contribution < -0.4 is 10.1 Å². The van der Waals surface area contributed by atoms with Gasteiger partial charge >= 0.3 is 0 Å². The van der Waals surface area contributed by atoms with Gasteiger partial charge in [-0.2, -0.15) is 0 Å². The molecular formula is C20H21N3O2S. The van der Waals surface area contributed by atoms with Crippen molar-refractivity contribution in [3.8, 4) is 17.0 Å². The van der Waals surface area contributed by atoms with Gasteiger partial charge in [0.2, 0.25) is 0 Å². The van der Waals surface area contributed by atoms with E-state index >= 15 is 0 Å². The Balaban J connectivity index is 1.70. The van der Waals surface area contributed by atoms with Crippen molar-refractivity contribution in [1.29, 1.82) is 0 Å². The van der Waals surface area contributed by atoms with Gasteiger partial charge in [0.05, 0.1) is 23.6 Å². The van der Waals surface area contributed by atoms with Crippen LogP contribution in [0.1, 0.15) is 35.1 Å². The van der Waals surface area contributed by atoms with Crippen LogP contribution in [0.15, 0.2) is 41.8 Å². The Morgan fingerprint density at radius 2 is 1.88 bits per heavy atom. The van der Waals surface area contributed by atoms with E-state index in [1.54, 1.807) is 6.07 Å². The number of hydrogen-bond acceptors (Lipinski definition) is 5. The van der Waals surface area contributed by atoms with Gasteiger partial charge < -0.3 is 4.74 Å². The maximum absolute atomic E-state index is 12.4. The Hall–Kier alpha value is -2.73. The number of nitrogens with zero attached hydrogens (tertiary/aromatic N) is 2. The van der Waals surface area contributed by atoms with Crippen molar-refractivity contribution in [2.45, 2.75) is 27.2 Å². The molecule has 0 atom stereocenters. The maximum atomic E-state index is 12.4. The van der Waals surface area contributed by atoms with E-state index in [0.717, 1.165) is 29.1 Å². The van der Waals surface area contributed by atoms with Crippen LogP contribution in [0.4, 0.5) is 5.13 Å². The number of amides is 1. The van der Waals surface area contributed by atoms with Crippen LogP contribution in [0.2, 0.25) is 0 Å². The number of benzene rings is 1. The van der Waals surface area contributed by atoms with Crippen LogP contribution in [0, 0.1) is 13.8 Å². The molecular weight excluding hydrogens is 346 g/mol. The summed E-state index contributed by atoms with van der Waals surface area (Å²) < 4.78 is 5.59. The number of ether oxygens (including phenoxy) is 1. The predicted octanol–water partition coefficient (Wildman–Crippen LogP) is 4.86. The predicted molar refractivity (Wildman–Crippen MR) is 105 cm³/mol. The summed E-state index contributed by atoms with van der Waals surface area (Å²) in [5.41, 5.74) is 3.97. The maximum Gasteiger partial charge on any atom is 0.259 e. The van der Waals surface area contributed by atoms with E-state index in [9.17, 15) is 4.79 Å². The van der Waals surface area contributed by atoms with E-state index in [1.165, 1.54) is 11.3 Å². The van der Waals surface area contributed by atoms with Gasteiger partial charge in [-0.05, 0) is 56.7 Å². The first kappa shape index (κ1) is 18.1. The highest BCUT2D eigenvalue weighted by molar-refractivity contribution is 7.14. The minimum atomic E-state index is -0.195. The lowest BCUT2D eigenvalue weighted by atomic mass is 10.1. The third kappa shape index (κ3) is 4.26. The van der Waals surface area contributed by atoms with Crippen molar-refractivity contribution in [3.05, 3.63) is 58.7 Å². The number of rotatable bonds is 6. The number of pyridine rings is 1. The molecule has 0 saturated heterocycles. The van der Waals surface area contributed by atoms with Crippen LogP contribution in [-0.2, 0) is 0 Å². The van der Waals surface area contributed by atoms with Gasteiger partial charge in [-0.15, -0.1) is 11.3 Å². The van der Waals surface area contributed by atoms with Gasteiger partial charge in [-0.3, -0.25) is 15.1 Å². The molecule has 0 aliphatic carbocycles. The zero-order valence-electron chi connectivity index (χ0n) is 15.1. The number of aryl methyl sites for hydroxylation is 2. The Bertz CT molecular complexity index is 904. The lowest BCUT2D eigenvalue weighted by molar-refractivity contribution is 0.102. The van der Waals surface area contributed by atoms with Gasteiger partial charge in [-0.1, -0.05) is 6.92 Å². The van der Waals surface area contributed by atoms with Crippen LogP contribution in [0.5, 0.6) is 5.75 Å². The van der Waals surface area contributed by atoms with E-state index in [1.807, 2.05) is 49.6 Å². The van der Waals surface area contributed by atoms with Gasteiger partial charge in [-0.25, -0.2) is 4.98 Å². The van der Waals surface area contributed by atoms with Crippen molar-refractivity contribution in [2.24, 2.45) is 0 Å². The van der Waals surface area contributed by atoms with Gasteiger partial charge in [0.15, 0.2) is 5.13 Å². The SMILES string of the molecule is CCCOc1ccc(-c2csc(NC(=O)c3ccc(C)nc3C)n2)cc1. The third-order valence-corrected chi connectivity index (χ3v) is 4.57. The first-order valence-corrected chi connectivity index (χ1v) is 9.39. The molecule has 1 aromatic carbocycles. The van der Waals surface area contributed by atoms with Crippen LogP contribution in [0.3, 0.4) is 0 Å². The zero-order chi connectivity index (χ0) is 18.5. The minimum Gasteiger partial charge on any atom is -0.494 e. The highest BCUT2D eigenvalue weighted by atomic mass is 32.1. The van der Waals surface area contributed by atoms with Crippen LogP contribution in [0.25, 0.3) is 11.3 Å². The summed E-state index contributed by atoms with van der Waals surface area (Å²) in [5.74, 6) is 0.654. The highest BCUT2D eigenvalue weighted by Crippen LogP contribution is 2.27. The Morgan fingerprint density at radius 1 is 1.12 bits per heavy atom. The second-order valence-corrected chi connectivity index (χ2v) is 6.81. The quantitative estimate of drug-likeness (QED) is 0.675. The first-order valence-electron chi connectivity index (χ1n) is 8.51. The van der Waals surface area contributed by atoms with E-state index in [-0.39, 0.29) is 5.91 Å². The van der Waals surface area contributed by atoms with Crippen LogP contribution in [-0.4, -0.2) is 22.5 Å². The standard InChI is InChI=1S/C20H21N3O2S/c1-4-11-25-16-8-6-15(7-9-16)18-12-26-20(22-18)23-19(24)17-10-5-13(2)21-14(17)3/h5-10,12H,4,11H2,1-3H3,(H,22,23,24). The molecule has 0 bridgehead atoms. The molecule has 0 spiro atoms. The van der Waals surface area contributed by atoms with Crippen molar-refractivity contribution < 1.29 is 9.53 Å². The lowest BCUT2D eigenvalue weighted by Gasteiger charge is -2.06. The fourth-order valence-corrected chi connectivity index (χ4v) is 3.21. The third-order valence-electron chi connectivity index (χ3n) is 3.82. The summed E-state index contributed by atoms with van der Waals surface area (Å²) in [6.45, 7) is 6.52. The summed E-state index contributed by atoms with van der Waals surface area (Å²) in [7, 11) is 0. The van der Waals surface area contributed by atoms with Crippen molar-refractivity contribution in [3.63, 3.8) is 0 Å². The normalized spacial score (nSPS) is 10.6. The van der Waals surface area contributed by atoms with E-state index in [0.29, 0.717) is 23.0 Å². The average molecular weight is 367 g/mol. The molecule has 0 fully saturated rings. The lowest BCUT2D eigenvalue weighted by Crippen LogP contribution is -2.14. The largest absolute Gasteiger partial charge is 0.494 e. The number of carbonyl (C=O) groups is 1. The van der Waals surface area contributed by atoms with Gasteiger partial charge in [0.25, 0.3) is 5.91 Å². The molecule has 2 aromatic heterocycles. The average Bonchev–Trinajstić information content (AvgIpc) is 3.08. The Morgan fingerprint density at radius 3 is 2.58 bits per heavy atom. The fourth-order valence-electron chi connectivity index (χ4n) is 2.50. The number of nitrogens with one attached hydrogen (secondary N) is 1. The molecule has 134 valence electrons. The van der Waals surface area contributed by atoms with Crippen molar-refractivity contribution >= 4 is 22.4 Å². The molecule has 0 saturated carbocycles. The molecule has 1 amide bonds. The van der Waals surface area contributed by atoms with Gasteiger partial charge in [0, 0.05) is 16.6 Å². The number of aromatic nitrogens is 2. The Labute approximate surface area is 157 Å². The fraction of sp³-hybridized carbons (Fsp3) is 0.250. The minimum absolute atomic E-state index is 0.195. The molecule has 0 aliphatic heterocycles. The smallest absolute Gasteiger partial charge is 0.259 e. The van der Waals surface area contributed by atoms with E-state index in [4.69, 9.17) is 4.74 Å². The van der Waals surface area contributed by atoms with Crippen LogP contribution >= 0.6 is 11.3 Å². The summed E-state index contributed by atoms with van der Waals surface area (Å²) in [5, 5.41) is 5.35. The molecule has 1 N–H and O–H groups in total. The number of hydrogen-bond donors (Lipinski definition) is 1. The van der Waals surface area contributed by atoms with Gasteiger partial charge in [0.1, 0.15) is 5.75 Å².